The Morgan fingerprint density at radius 1 is 1.12 bits per heavy atom. The Balaban J connectivity index is 1.56. The fraction of sp³-hybridized carbons (Fsp3) is 0.462. The number of benzene rings is 1. The zero-order valence-electron chi connectivity index (χ0n) is 20.6. The summed E-state index contributed by atoms with van der Waals surface area (Å²) in [4.78, 5) is 35.8. The molecule has 2 amide bonds. The molecule has 180 valence electrons. The molecule has 2 aromatic heterocycles. The summed E-state index contributed by atoms with van der Waals surface area (Å²) in [6.07, 6.45) is 3.17. The van der Waals surface area contributed by atoms with Crippen molar-refractivity contribution in [1.82, 2.24) is 14.3 Å². The summed E-state index contributed by atoms with van der Waals surface area (Å²) in [7, 11) is 0. The Bertz CT molecular complexity index is 1210. The van der Waals surface area contributed by atoms with Gasteiger partial charge in [0.1, 0.15) is 4.83 Å². The average molecular weight is 480 g/mol. The largest absolute Gasteiger partial charge is 0.370 e. The monoisotopic (exact) mass is 479 g/mol. The summed E-state index contributed by atoms with van der Waals surface area (Å²) in [5.74, 6) is 0.00373. The Morgan fingerprint density at radius 3 is 2.47 bits per heavy atom. The first-order valence-electron chi connectivity index (χ1n) is 12.0. The van der Waals surface area contributed by atoms with E-state index in [2.05, 4.69) is 33.4 Å². The molecule has 0 aliphatic carbocycles. The first kappa shape index (κ1) is 24.1. The fourth-order valence-corrected chi connectivity index (χ4v) is 5.38. The molecule has 1 fully saturated rings. The molecule has 0 saturated carbocycles. The number of amides is 2. The van der Waals surface area contributed by atoms with Gasteiger partial charge in [0.2, 0.25) is 5.91 Å². The SMILES string of the molecule is CCN(CC)C(=O)c1cnc2snc(C)c2c1N1CCC(C(=O)Nc2ccc(C)c(C)c2)CC1. The zero-order valence-corrected chi connectivity index (χ0v) is 21.5. The number of hydrogen-bond acceptors (Lipinski definition) is 6. The van der Waals surface area contributed by atoms with Gasteiger partial charge in [-0.25, -0.2) is 4.98 Å². The smallest absolute Gasteiger partial charge is 0.257 e. The summed E-state index contributed by atoms with van der Waals surface area (Å²) in [5.41, 5.74) is 5.66. The van der Waals surface area contributed by atoms with Gasteiger partial charge in [-0.2, -0.15) is 4.37 Å². The number of aromatic nitrogens is 2. The lowest BCUT2D eigenvalue weighted by Gasteiger charge is -2.35. The van der Waals surface area contributed by atoms with Crippen LogP contribution in [0.15, 0.2) is 24.4 Å². The van der Waals surface area contributed by atoms with Crippen LogP contribution in [0.25, 0.3) is 10.2 Å². The summed E-state index contributed by atoms with van der Waals surface area (Å²) in [6.45, 7) is 12.8. The van der Waals surface area contributed by atoms with E-state index >= 15 is 0 Å². The van der Waals surface area contributed by atoms with Crippen LogP contribution in [0.2, 0.25) is 0 Å². The van der Waals surface area contributed by atoms with E-state index < -0.39 is 0 Å². The molecule has 7 nitrogen and oxygen atoms in total. The van der Waals surface area contributed by atoms with Crippen molar-refractivity contribution in [2.75, 3.05) is 36.4 Å². The summed E-state index contributed by atoms with van der Waals surface area (Å²) in [6, 6.07) is 6.02. The van der Waals surface area contributed by atoms with Crippen LogP contribution in [0.3, 0.4) is 0 Å². The molecule has 3 aromatic rings. The van der Waals surface area contributed by atoms with Crippen LogP contribution in [0.1, 0.15) is 53.9 Å². The van der Waals surface area contributed by atoms with E-state index in [1.165, 1.54) is 22.7 Å². The maximum Gasteiger partial charge on any atom is 0.257 e. The van der Waals surface area contributed by atoms with Crippen LogP contribution in [-0.2, 0) is 4.79 Å². The van der Waals surface area contributed by atoms with Gasteiger partial charge < -0.3 is 15.1 Å². The number of pyridine rings is 1. The van der Waals surface area contributed by atoms with Crippen molar-refractivity contribution in [2.45, 2.75) is 47.5 Å². The highest BCUT2D eigenvalue weighted by atomic mass is 32.1. The second-order valence-electron chi connectivity index (χ2n) is 9.00. The summed E-state index contributed by atoms with van der Waals surface area (Å²) in [5, 5.41) is 4.05. The average Bonchev–Trinajstić information content (AvgIpc) is 3.22. The molecule has 1 saturated heterocycles. The van der Waals surface area contributed by atoms with Crippen LogP contribution in [0.5, 0.6) is 0 Å². The number of carbonyl (C=O) groups excluding carboxylic acids is 2. The maximum atomic E-state index is 13.4. The molecule has 0 atom stereocenters. The van der Waals surface area contributed by atoms with E-state index in [1.807, 2.05) is 43.9 Å². The highest BCUT2D eigenvalue weighted by molar-refractivity contribution is 7.13. The molecule has 34 heavy (non-hydrogen) atoms. The molecule has 0 unspecified atom stereocenters. The quantitative estimate of drug-likeness (QED) is 0.541. The molecule has 3 heterocycles. The minimum absolute atomic E-state index is 0.00499. The molecule has 0 spiro atoms. The normalized spacial score (nSPS) is 14.4. The summed E-state index contributed by atoms with van der Waals surface area (Å²) < 4.78 is 4.50. The Labute approximate surface area is 205 Å². The lowest BCUT2D eigenvalue weighted by Crippen LogP contribution is -2.40. The van der Waals surface area contributed by atoms with Crippen LogP contribution in [0, 0.1) is 26.7 Å². The highest BCUT2D eigenvalue weighted by Gasteiger charge is 2.30. The predicted molar refractivity (Wildman–Crippen MR) is 139 cm³/mol. The van der Waals surface area contributed by atoms with Crippen LogP contribution < -0.4 is 10.2 Å². The number of hydrogen-bond donors (Lipinski definition) is 1. The van der Waals surface area contributed by atoms with Gasteiger partial charge in [-0.05, 0) is 82.3 Å². The number of rotatable bonds is 6. The van der Waals surface area contributed by atoms with Crippen molar-refractivity contribution in [3.05, 3.63) is 46.8 Å². The lowest BCUT2D eigenvalue weighted by molar-refractivity contribution is -0.120. The predicted octanol–water partition coefficient (Wildman–Crippen LogP) is 4.95. The standard InChI is InChI=1S/C26H33N5O2S/c1-6-30(7-2)26(33)21-15-27-25-22(18(5)29-34-25)23(21)31-12-10-19(11-13-31)24(32)28-20-9-8-16(3)17(4)14-20/h8-9,14-15,19H,6-7,10-13H2,1-5H3,(H,28,32). The summed E-state index contributed by atoms with van der Waals surface area (Å²) >= 11 is 1.36. The van der Waals surface area contributed by atoms with Gasteiger partial charge in [0.25, 0.3) is 5.91 Å². The highest BCUT2D eigenvalue weighted by Crippen LogP contribution is 2.37. The van der Waals surface area contributed by atoms with E-state index in [0.29, 0.717) is 31.7 Å². The molecular weight excluding hydrogens is 446 g/mol. The van der Waals surface area contributed by atoms with Gasteiger partial charge in [0.15, 0.2) is 0 Å². The first-order chi connectivity index (χ1) is 16.3. The number of carbonyl (C=O) groups is 2. The number of nitrogens with one attached hydrogen (secondary N) is 1. The first-order valence-corrected chi connectivity index (χ1v) is 12.8. The Morgan fingerprint density at radius 2 is 1.82 bits per heavy atom. The minimum atomic E-state index is -0.0567. The molecule has 1 aliphatic heterocycles. The molecule has 0 radical (unpaired) electrons. The van der Waals surface area contributed by atoms with Crippen molar-refractivity contribution in [3.63, 3.8) is 0 Å². The maximum absolute atomic E-state index is 13.4. The van der Waals surface area contributed by atoms with Crippen LogP contribution >= 0.6 is 11.5 Å². The Kier molecular flexibility index (Phi) is 7.16. The fourth-order valence-electron chi connectivity index (χ4n) is 4.63. The minimum Gasteiger partial charge on any atom is -0.370 e. The van der Waals surface area contributed by atoms with Crippen molar-refractivity contribution < 1.29 is 9.59 Å². The van der Waals surface area contributed by atoms with E-state index in [4.69, 9.17) is 0 Å². The van der Waals surface area contributed by atoms with Crippen molar-refractivity contribution >= 4 is 44.9 Å². The Hall–Kier alpha value is -3.00. The number of aryl methyl sites for hydroxylation is 3. The number of fused-ring (bicyclic) bond motifs is 1. The third-order valence-corrected chi connectivity index (χ3v) is 7.73. The van der Waals surface area contributed by atoms with Gasteiger partial charge in [-0.1, -0.05) is 6.07 Å². The molecule has 1 aliphatic rings. The number of anilines is 2. The van der Waals surface area contributed by atoms with E-state index in [0.717, 1.165) is 40.1 Å². The van der Waals surface area contributed by atoms with Gasteiger partial charge in [0.05, 0.1) is 22.3 Å². The molecule has 0 bridgehead atoms. The second-order valence-corrected chi connectivity index (χ2v) is 9.75. The molecule has 4 rings (SSSR count). The number of piperidine rings is 1. The van der Waals surface area contributed by atoms with Crippen LogP contribution in [0.4, 0.5) is 11.4 Å². The van der Waals surface area contributed by atoms with Crippen molar-refractivity contribution in [1.29, 1.82) is 0 Å². The van der Waals surface area contributed by atoms with E-state index in [1.54, 1.807) is 6.20 Å². The molecule has 1 N–H and O–H groups in total. The zero-order chi connectivity index (χ0) is 24.4. The van der Waals surface area contributed by atoms with E-state index in [9.17, 15) is 9.59 Å². The lowest BCUT2D eigenvalue weighted by atomic mass is 9.94. The topological polar surface area (TPSA) is 78.4 Å². The van der Waals surface area contributed by atoms with Gasteiger partial charge in [-0.3, -0.25) is 9.59 Å². The number of nitrogens with zero attached hydrogens (tertiary/aromatic N) is 4. The van der Waals surface area contributed by atoms with Crippen molar-refractivity contribution in [2.24, 2.45) is 5.92 Å². The van der Waals surface area contributed by atoms with E-state index in [-0.39, 0.29) is 17.7 Å². The third kappa shape index (κ3) is 4.64. The molecule has 1 aromatic carbocycles. The van der Waals surface area contributed by atoms with Crippen LogP contribution in [-0.4, -0.2) is 52.3 Å². The third-order valence-electron chi connectivity index (χ3n) is 6.89. The molecular formula is C26H33N5O2S. The van der Waals surface area contributed by atoms with Crippen molar-refractivity contribution in [3.8, 4) is 0 Å². The van der Waals surface area contributed by atoms with Gasteiger partial charge in [-0.15, -0.1) is 0 Å². The van der Waals surface area contributed by atoms with Gasteiger partial charge in [0, 0.05) is 44.0 Å². The second kappa shape index (κ2) is 10.1. The van der Waals surface area contributed by atoms with Gasteiger partial charge >= 0.3 is 0 Å². The molecule has 8 heteroatoms.